The topological polar surface area (TPSA) is 26.0 Å². The number of hydrogen-bond acceptors (Lipinski definition) is 1. The van der Waals surface area contributed by atoms with Crippen LogP contribution in [-0.4, -0.2) is 0 Å². The van der Waals surface area contributed by atoms with E-state index in [1.54, 1.807) is 0 Å². The van der Waals surface area contributed by atoms with Gasteiger partial charge in [0.05, 0.1) is 0 Å². The van der Waals surface area contributed by atoms with Crippen LogP contribution in [0.5, 0.6) is 0 Å². The molecule has 2 N–H and O–H groups in total. The summed E-state index contributed by atoms with van der Waals surface area (Å²) >= 11 is 0. The highest BCUT2D eigenvalue weighted by Crippen LogP contribution is 2.30. The van der Waals surface area contributed by atoms with E-state index in [9.17, 15) is 0 Å². The van der Waals surface area contributed by atoms with Gasteiger partial charge >= 0.3 is 0 Å². The second-order valence-corrected chi connectivity index (χ2v) is 4.15. The minimum Gasteiger partial charge on any atom is -0.324 e. The molecule has 2 rings (SSSR count). The van der Waals surface area contributed by atoms with Gasteiger partial charge < -0.3 is 5.73 Å². The highest BCUT2D eigenvalue weighted by molar-refractivity contribution is 5.41. The molecule has 1 aliphatic carbocycles. The normalized spacial score (nSPS) is 21.3. The van der Waals surface area contributed by atoms with Gasteiger partial charge in [-0.25, -0.2) is 0 Å². The summed E-state index contributed by atoms with van der Waals surface area (Å²) in [4.78, 5) is 0. The molecule has 0 heterocycles. The molecule has 1 aromatic carbocycles. The predicted octanol–water partition coefficient (Wildman–Crippen LogP) is 2.64. The summed E-state index contributed by atoms with van der Waals surface area (Å²) < 4.78 is 0. The summed E-state index contributed by atoms with van der Waals surface area (Å²) in [6.07, 6.45) is 3.61. The average Bonchev–Trinajstić information content (AvgIpc) is 2.07. The summed E-state index contributed by atoms with van der Waals surface area (Å²) in [5, 5.41) is 0. The van der Waals surface area contributed by atoms with Crippen LogP contribution in [0.3, 0.4) is 0 Å². The molecule has 1 nitrogen and oxygen atoms in total. The van der Waals surface area contributed by atoms with Gasteiger partial charge in [-0.3, -0.25) is 0 Å². The van der Waals surface area contributed by atoms with Crippen LogP contribution in [0.15, 0.2) is 12.1 Å². The zero-order valence-electron chi connectivity index (χ0n) is 8.43. The number of fused-ring (bicyclic) bond motifs is 1. The van der Waals surface area contributed by atoms with Gasteiger partial charge in [-0.1, -0.05) is 17.7 Å². The molecule has 0 saturated heterocycles. The lowest BCUT2D eigenvalue weighted by atomic mass is 9.84. The smallest absolute Gasteiger partial charge is 0.0297 e. The quantitative estimate of drug-likeness (QED) is 0.644. The van der Waals surface area contributed by atoms with Crippen molar-refractivity contribution in [1.82, 2.24) is 0 Å². The lowest BCUT2D eigenvalue weighted by Crippen LogP contribution is -2.18. The second-order valence-electron chi connectivity index (χ2n) is 4.15. The maximum Gasteiger partial charge on any atom is 0.0297 e. The monoisotopic (exact) mass is 175 g/mol. The van der Waals surface area contributed by atoms with Crippen molar-refractivity contribution in [2.45, 2.75) is 39.2 Å². The fourth-order valence-electron chi connectivity index (χ4n) is 2.36. The molecular weight excluding hydrogens is 158 g/mol. The molecule has 0 aliphatic heterocycles. The molecule has 1 heteroatoms. The summed E-state index contributed by atoms with van der Waals surface area (Å²) in [5.41, 5.74) is 11.7. The largest absolute Gasteiger partial charge is 0.324 e. The number of rotatable bonds is 0. The highest BCUT2D eigenvalue weighted by Gasteiger charge is 2.18. The molecule has 13 heavy (non-hydrogen) atoms. The van der Waals surface area contributed by atoms with Crippen LogP contribution >= 0.6 is 0 Å². The number of nitrogens with two attached hydrogens (primary N) is 1. The minimum absolute atomic E-state index is 0.280. The van der Waals surface area contributed by atoms with Gasteiger partial charge in [0.25, 0.3) is 0 Å². The van der Waals surface area contributed by atoms with Crippen molar-refractivity contribution in [3.05, 3.63) is 34.4 Å². The number of benzene rings is 1. The van der Waals surface area contributed by atoms with Gasteiger partial charge in [-0.2, -0.15) is 0 Å². The summed E-state index contributed by atoms with van der Waals surface area (Å²) in [7, 11) is 0. The molecule has 0 amide bonds. The second kappa shape index (κ2) is 3.15. The zero-order chi connectivity index (χ0) is 9.42. The first-order valence-corrected chi connectivity index (χ1v) is 5.04. The zero-order valence-corrected chi connectivity index (χ0v) is 8.43. The summed E-state index contributed by atoms with van der Waals surface area (Å²) in [5.74, 6) is 0. The van der Waals surface area contributed by atoms with E-state index in [0.29, 0.717) is 0 Å². The van der Waals surface area contributed by atoms with Gasteiger partial charge in [-0.15, -0.1) is 0 Å². The van der Waals surface area contributed by atoms with E-state index < -0.39 is 0 Å². The van der Waals surface area contributed by atoms with Crippen molar-refractivity contribution in [2.75, 3.05) is 0 Å². The molecule has 0 fully saturated rings. The van der Waals surface area contributed by atoms with E-state index >= 15 is 0 Å². The summed E-state index contributed by atoms with van der Waals surface area (Å²) in [6.45, 7) is 4.35. The van der Waals surface area contributed by atoms with Crippen LogP contribution in [0.25, 0.3) is 0 Å². The predicted molar refractivity (Wildman–Crippen MR) is 55.8 cm³/mol. The van der Waals surface area contributed by atoms with Crippen LogP contribution in [0.1, 0.15) is 41.1 Å². The van der Waals surface area contributed by atoms with E-state index in [1.807, 2.05) is 0 Å². The molecule has 1 atom stereocenters. The van der Waals surface area contributed by atoms with E-state index in [1.165, 1.54) is 35.1 Å². The molecule has 0 saturated carbocycles. The Morgan fingerprint density at radius 3 is 2.85 bits per heavy atom. The molecule has 1 aliphatic rings. The number of aryl methyl sites for hydroxylation is 2. The van der Waals surface area contributed by atoms with Crippen LogP contribution in [0, 0.1) is 13.8 Å². The van der Waals surface area contributed by atoms with Gasteiger partial charge in [0.2, 0.25) is 0 Å². The Hall–Kier alpha value is -0.820. The van der Waals surface area contributed by atoms with Crippen LogP contribution in [-0.2, 0) is 6.42 Å². The molecule has 0 spiro atoms. The minimum atomic E-state index is 0.280. The first kappa shape index (κ1) is 8.76. The van der Waals surface area contributed by atoms with E-state index in [2.05, 4.69) is 26.0 Å². The Labute approximate surface area is 80.0 Å². The molecule has 0 unspecified atom stereocenters. The van der Waals surface area contributed by atoms with Gasteiger partial charge in [0, 0.05) is 6.04 Å². The van der Waals surface area contributed by atoms with Crippen LogP contribution in [0.2, 0.25) is 0 Å². The first-order valence-electron chi connectivity index (χ1n) is 5.04. The standard InChI is InChI=1S/C12H17N/c1-8-6-9(2)10-4-3-5-12(13)11(10)7-8/h6-7,12H,3-5,13H2,1-2H3/t12-/m0/s1. The van der Waals surface area contributed by atoms with Crippen molar-refractivity contribution in [3.63, 3.8) is 0 Å². The summed E-state index contributed by atoms with van der Waals surface area (Å²) in [6, 6.07) is 4.80. The van der Waals surface area contributed by atoms with Crippen molar-refractivity contribution in [3.8, 4) is 0 Å². The Morgan fingerprint density at radius 2 is 2.08 bits per heavy atom. The third-order valence-electron chi connectivity index (χ3n) is 2.99. The van der Waals surface area contributed by atoms with Crippen molar-refractivity contribution < 1.29 is 0 Å². The average molecular weight is 175 g/mol. The lowest BCUT2D eigenvalue weighted by molar-refractivity contribution is 0.568. The fourth-order valence-corrected chi connectivity index (χ4v) is 2.36. The highest BCUT2D eigenvalue weighted by atomic mass is 14.6. The van der Waals surface area contributed by atoms with Gasteiger partial charge in [0.1, 0.15) is 0 Å². The van der Waals surface area contributed by atoms with Crippen molar-refractivity contribution >= 4 is 0 Å². The molecule has 0 radical (unpaired) electrons. The van der Waals surface area contributed by atoms with Gasteiger partial charge in [-0.05, 0) is 49.8 Å². The maximum atomic E-state index is 6.08. The Morgan fingerprint density at radius 1 is 1.31 bits per heavy atom. The Bertz CT molecular complexity index is 328. The molecule has 0 bridgehead atoms. The van der Waals surface area contributed by atoms with Crippen molar-refractivity contribution in [2.24, 2.45) is 5.73 Å². The third kappa shape index (κ3) is 1.49. The third-order valence-corrected chi connectivity index (χ3v) is 2.99. The molecular formula is C12H17N. The lowest BCUT2D eigenvalue weighted by Gasteiger charge is -2.24. The van der Waals surface area contributed by atoms with Gasteiger partial charge in [0.15, 0.2) is 0 Å². The van der Waals surface area contributed by atoms with E-state index in [0.717, 1.165) is 6.42 Å². The fraction of sp³-hybridized carbons (Fsp3) is 0.500. The molecule has 70 valence electrons. The Kier molecular flexibility index (Phi) is 2.12. The molecule has 1 aromatic rings. The van der Waals surface area contributed by atoms with E-state index in [-0.39, 0.29) is 6.04 Å². The maximum absolute atomic E-state index is 6.08. The van der Waals surface area contributed by atoms with E-state index in [4.69, 9.17) is 5.73 Å². The first-order chi connectivity index (χ1) is 6.18. The number of hydrogen-bond donors (Lipinski definition) is 1. The molecule has 0 aromatic heterocycles. The van der Waals surface area contributed by atoms with Crippen molar-refractivity contribution in [1.29, 1.82) is 0 Å². The SMILES string of the molecule is Cc1cc(C)c2c(c1)[C@@H](N)CCC2. The Balaban J connectivity index is 2.56. The van der Waals surface area contributed by atoms with Crippen LogP contribution < -0.4 is 5.73 Å². The van der Waals surface area contributed by atoms with Crippen LogP contribution in [0.4, 0.5) is 0 Å².